The molecule has 0 aromatic carbocycles. The molecular weight excluding hydrogens is 150 g/mol. The van der Waals surface area contributed by atoms with Gasteiger partial charge in [-0.25, -0.2) is 0 Å². The summed E-state index contributed by atoms with van der Waals surface area (Å²) in [6.07, 6.45) is 4.60. The lowest BCUT2D eigenvalue weighted by Crippen LogP contribution is -2.24. The molecule has 0 heterocycles. The average Bonchev–Trinajstić information content (AvgIpc) is 2.06. The molecule has 0 fully saturated rings. The van der Waals surface area contributed by atoms with Crippen molar-refractivity contribution >= 4 is 0 Å². The lowest BCUT2D eigenvalue weighted by Gasteiger charge is -2.14. The van der Waals surface area contributed by atoms with Crippen molar-refractivity contribution in [2.45, 2.75) is 39.5 Å². The Kier molecular flexibility index (Phi) is 8.95. The Labute approximate surface area is 76.4 Å². The van der Waals surface area contributed by atoms with Crippen LogP contribution in [0.5, 0.6) is 0 Å². The van der Waals surface area contributed by atoms with Crippen LogP contribution >= 0.6 is 0 Å². The van der Waals surface area contributed by atoms with Crippen LogP contribution in [0.4, 0.5) is 0 Å². The van der Waals surface area contributed by atoms with Crippen LogP contribution in [0.2, 0.25) is 0 Å². The Morgan fingerprint density at radius 2 is 1.92 bits per heavy atom. The van der Waals surface area contributed by atoms with Gasteiger partial charge >= 0.3 is 0 Å². The molecule has 0 aliphatic carbocycles. The molecule has 0 radical (unpaired) electrons. The summed E-state index contributed by atoms with van der Waals surface area (Å²) in [5, 5.41) is 12.2. The third kappa shape index (κ3) is 6.62. The van der Waals surface area contributed by atoms with Crippen molar-refractivity contribution in [2.24, 2.45) is 5.92 Å². The molecule has 0 saturated heterocycles. The molecule has 1 atom stereocenters. The summed E-state index contributed by atoms with van der Waals surface area (Å²) in [4.78, 5) is 0. The summed E-state index contributed by atoms with van der Waals surface area (Å²) in [5.41, 5.74) is 0. The minimum atomic E-state index is 0.332. The summed E-state index contributed by atoms with van der Waals surface area (Å²) in [7, 11) is 0. The smallest absolute Gasteiger partial charge is 0.0434 e. The number of nitrogens with one attached hydrogen (secondary N) is 1. The summed E-state index contributed by atoms with van der Waals surface area (Å²) in [6.45, 7) is 6.88. The van der Waals surface area contributed by atoms with Crippen LogP contribution in [0, 0.1) is 5.92 Å². The van der Waals surface area contributed by atoms with E-state index in [0.29, 0.717) is 12.5 Å². The number of aliphatic hydroxyl groups excluding tert-OH is 1. The molecule has 1 unspecified atom stereocenters. The summed E-state index contributed by atoms with van der Waals surface area (Å²) in [6, 6.07) is 0. The normalized spacial score (nSPS) is 13.2. The summed E-state index contributed by atoms with van der Waals surface area (Å²) >= 11 is 0. The summed E-state index contributed by atoms with van der Waals surface area (Å²) in [5.74, 6) is 0.673. The van der Waals surface area contributed by atoms with E-state index in [1.165, 1.54) is 19.3 Å². The molecule has 0 amide bonds. The molecule has 2 N–H and O–H groups in total. The second kappa shape index (κ2) is 9.01. The van der Waals surface area contributed by atoms with Crippen molar-refractivity contribution in [3.63, 3.8) is 0 Å². The van der Waals surface area contributed by atoms with Crippen LogP contribution in [0.3, 0.4) is 0 Å². The van der Waals surface area contributed by atoms with Crippen LogP contribution in [0.15, 0.2) is 0 Å². The van der Waals surface area contributed by atoms with Crippen LogP contribution in [-0.4, -0.2) is 24.8 Å². The first-order chi connectivity index (χ1) is 5.85. The molecule has 0 saturated carbocycles. The van der Waals surface area contributed by atoms with E-state index in [4.69, 9.17) is 5.11 Å². The maximum Gasteiger partial charge on any atom is 0.0434 e. The van der Waals surface area contributed by atoms with E-state index in [9.17, 15) is 0 Å². The molecule has 2 nitrogen and oxygen atoms in total. The molecule has 0 rings (SSSR count). The largest absolute Gasteiger partial charge is 0.396 e. The van der Waals surface area contributed by atoms with Crippen molar-refractivity contribution in [1.29, 1.82) is 0 Å². The molecule has 0 bridgehead atoms. The lowest BCUT2D eigenvalue weighted by molar-refractivity contribution is 0.248. The van der Waals surface area contributed by atoms with Gasteiger partial charge in [-0.15, -0.1) is 0 Å². The fourth-order valence-corrected chi connectivity index (χ4v) is 1.42. The second-order valence-electron chi connectivity index (χ2n) is 3.37. The number of hydrogen-bond acceptors (Lipinski definition) is 2. The van der Waals surface area contributed by atoms with Gasteiger partial charge in [0.15, 0.2) is 0 Å². The zero-order valence-corrected chi connectivity index (χ0v) is 8.47. The molecule has 2 heteroatoms. The van der Waals surface area contributed by atoms with Gasteiger partial charge in [0, 0.05) is 6.61 Å². The zero-order chi connectivity index (χ0) is 9.23. The second-order valence-corrected chi connectivity index (χ2v) is 3.37. The predicted molar refractivity (Wildman–Crippen MR) is 53.3 cm³/mol. The molecule has 74 valence electrons. The van der Waals surface area contributed by atoms with Crippen molar-refractivity contribution in [2.75, 3.05) is 19.7 Å². The predicted octanol–water partition coefficient (Wildman–Crippen LogP) is 1.78. The van der Waals surface area contributed by atoms with Gasteiger partial charge in [-0.2, -0.15) is 0 Å². The first kappa shape index (κ1) is 11.9. The minimum Gasteiger partial charge on any atom is -0.396 e. The van der Waals surface area contributed by atoms with E-state index in [1.54, 1.807) is 0 Å². The van der Waals surface area contributed by atoms with Crippen LogP contribution < -0.4 is 5.32 Å². The van der Waals surface area contributed by atoms with Gasteiger partial charge in [-0.3, -0.25) is 0 Å². The van der Waals surface area contributed by atoms with Crippen molar-refractivity contribution in [3.8, 4) is 0 Å². The van der Waals surface area contributed by atoms with E-state index in [2.05, 4.69) is 19.2 Å². The Morgan fingerprint density at radius 3 is 2.42 bits per heavy atom. The van der Waals surface area contributed by atoms with Crippen molar-refractivity contribution in [3.05, 3.63) is 0 Å². The number of aliphatic hydroxyl groups is 1. The van der Waals surface area contributed by atoms with E-state index in [-0.39, 0.29) is 0 Å². The zero-order valence-electron chi connectivity index (χ0n) is 8.47. The van der Waals surface area contributed by atoms with Gasteiger partial charge in [-0.1, -0.05) is 20.3 Å². The third-order valence-electron chi connectivity index (χ3n) is 2.09. The van der Waals surface area contributed by atoms with E-state index in [0.717, 1.165) is 19.5 Å². The van der Waals surface area contributed by atoms with E-state index < -0.39 is 0 Å². The molecule has 0 aromatic rings. The van der Waals surface area contributed by atoms with Crippen molar-refractivity contribution in [1.82, 2.24) is 5.32 Å². The maximum atomic E-state index is 8.79. The van der Waals surface area contributed by atoms with Gasteiger partial charge in [0.1, 0.15) is 0 Å². The summed E-state index contributed by atoms with van der Waals surface area (Å²) < 4.78 is 0. The first-order valence-corrected chi connectivity index (χ1v) is 5.16. The Hall–Kier alpha value is -0.0800. The number of hydrogen-bond donors (Lipinski definition) is 2. The fraction of sp³-hybridized carbons (Fsp3) is 1.00. The topological polar surface area (TPSA) is 32.3 Å². The van der Waals surface area contributed by atoms with Gasteiger partial charge in [0.25, 0.3) is 0 Å². The lowest BCUT2D eigenvalue weighted by atomic mass is 10.0. The highest BCUT2D eigenvalue weighted by Gasteiger charge is 2.05. The van der Waals surface area contributed by atoms with Crippen LogP contribution in [0.1, 0.15) is 39.5 Å². The molecule has 0 aliphatic heterocycles. The third-order valence-corrected chi connectivity index (χ3v) is 2.09. The van der Waals surface area contributed by atoms with Crippen LogP contribution in [-0.2, 0) is 0 Å². The minimum absolute atomic E-state index is 0.332. The molecule has 0 aliphatic rings. The first-order valence-electron chi connectivity index (χ1n) is 5.16. The molecule has 12 heavy (non-hydrogen) atoms. The standard InChI is InChI=1S/C10H23NO/c1-3-5-10(6-8-12)9-11-7-4-2/h10-12H,3-9H2,1-2H3. The average molecular weight is 173 g/mol. The quantitative estimate of drug-likeness (QED) is 0.548. The fourth-order valence-electron chi connectivity index (χ4n) is 1.42. The highest BCUT2D eigenvalue weighted by molar-refractivity contribution is 4.61. The van der Waals surface area contributed by atoms with Gasteiger partial charge in [0.2, 0.25) is 0 Å². The van der Waals surface area contributed by atoms with Crippen molar-refractivity contribution < 1.29 is 5.11 Å². The van der Waals surface area contributed by atoms with Crippen LogP contribution in [0.25, 0.3) is 0 Å². The van der Waals surface area contributed by atoms with E-state index >= 15 is 0 Å². The molecular formula is C10H23NO. The van der Waals surface area contributed by atoms with Gasteiger partial charge in [0.05, 0.1) is 0 Å². The Balaban J connectivity index is 3.34. The highest BCUT2D eigenvalue weighted by Crippen LogP contribution is 2.08. The molecule has 0 aromatic heterocycles. The Bertz CT molecular complexity index is 79.9. The highest BCUT2D eigenvalue weighted by atomic mass is 16.3. The molecule has 0 spiro atoms. The van der Waals surface area contributed by atoms with Gasteiger partial charge in [-0.05, 0) is 38.3 Å². The SMILES string of the molecule is CCCNCC(CCC)CCO. The maximum absolute atomic E-state index is 8.79. The Morgan fingerprint density at radius 1 is 1.17 bits per heavy atom. The monoisotopic (exact) mass is 173 g/mol. The van der Waals surface area contributed by atoms with E-state index in [1.807, 2.05) is 0 Å². The number of rotatable bonds is 8. The van der Waals surface area contributed by atoms with Gasteiger partial charge < -0.3 is 10.4 Å².